The number of likely N-dealkylation sites (tertiary alicyclic amines) is 1. The van der Waals surface area contributed by atoms with Gasteiger partial charge in [-0.2, -0.15) is 0 Å². The highest BCUT2D eigenvalue weighted by Gasteiger charge is 2.50. The summed E-state index contributed by atoms with van der Waals surface area (Å²) in [5.41, 5.74) is -1.40. The van der Waals surface area contributed by atoms with Crippen molar-refractivity contribution < 1.29 is 24.0 Å². The van der Waals surface area contributed by atoms with Crippen LogP contribution in [0.3, 0.4) is 0 Å². The SMILES string of the molecule is COC(=O)C1(c2c([N+](=O)[O-])cnc3ccc(Br)cc23)CCN(C(=O)OC(C)(C)C)CC1. The van der Waals surface area contributed by atoms with Crippen molar-refractivity contribution in [3.05, 3.63) is 44.5 Å². The zero-order valence-corrected chi connectivity index (χ0v) is 19.4. The van der Waals surface area contributed by atoms with E-state index in [1.165, 1.54) is 18.2 Å². The number of esters is 1. The molecule has 31 heavy (non-hydrogen) atoms. The number of hydrogen-bond donors (Lipinski definition) is 0. The number of amides is 1. The van der Waals surface area contributed by atoms with E-state index in [4.69, 9.17) is 9.47 Å². The molecule has 3 rings (SSSR count). The molecule has 2 heterocycles. The van der Waals surface area contributed by atoms with Gasteiger partial charge in [0.25, 0.3) is 5.69 Å². The number of aromatic nitrogens is 1. The summed E-state index contributed by atoms with van der Waals surface area (Å²) in [4.78, 5) is 42.7. The highest BCUT2D eigenvalue weighted by molar-refractivity contribution is 9.10. The van der Waals surface area contributed by atoms with Crippen LogP contribution in [0.25, 0.3) is 10.9 Å². The van der Waals surface area contributed by atoms with Crippen LogP contribution in [0, 0.1) is 10.1 Å². The molecular weight excluding hydrogens is 470 g/mol. The van der Waals surface area contributed by atoms with E-state index < -0.39 is 28.0 Å². The van der Waals surface area contributed by atoms with Gasteiger partial charge in [-0.1, -0.05) is 15.9 Å². The zero-order chi connectivity index (χ0) is 23.0. The van der Waals surface area contributed by atoms with E-state index in [0.29, 0.717) is 15.4 Å². The largest absolute Gasteiger partial charge is 0.468 e. The molecule has 0 radical (unpaired) electrons. The Kier molecular flexibility index (Phi) is 6.22. The minimum Gasteiger partial charge on any atom is -0.468 e. The van der Waals surface area contributed by atoms with Crippen LogP contribution in [0.15, 0.2) is 28.9 Å². The maximum Gasteiger partial charge on any atom is 0.410 e. The van der Waals surface area contributed by atoms with Crippen LogP contribution in [0.4, 0.5) is 10.5 Å². The third-order valence-electron chi connectivity index (χ3n) is 5.33. The van der Waals surface area contributed by atoms with E-state index in [-0.39, 0.29) is 37.2 Å². The summed E-state index contributed by atoms with van der Waals surface area (Å²) in [7, 11) is 1.26. The van der Waals surface area contributed by atoms with Gasteiger partial charge >= 0.3 is 12.1 Å². The second kappa shape index (κ2) is 8.41. The molecule has 0 spiro atoms. The zero-order valence-electron chi connectivity index (χ0n) is 17.8. The molecule has 0 atom stereocenters. The summed E-state index contributed by atoms with van der Waals surface area (Å²) < 4.78 is 11.2. The Labute approximate surface area is 188 Å². The average Bonchev–Trinajstić information content (AvgIpc) is 2.70. The molecule has 0 saturated carbocycles. The lowest BCUT2D eigenvalue weighted by Crippen LogP contribution is -2.50. The van der Waals surface area contributed by atoms with Crippen molar-refractivity contribution in [2.45, 2.75) is 44.6 Å². The number of halogens is 1. The summed E-state index contributed by atoms with van der Waals surface area (Å²) in [6, 6.07) is 5.23. The Bertz CT molecular complexity index is 1040. The molecule has 1 aliphatic rings. The van der Waals surface area contributed by atoms with Gasteiger partial charge in [0.1, 0.15) is 17.2 Å². The molecular formula is C21H24BrN3O6. The standard InChI is InChI=1S/C21H24BrN3O6/c1-20(2,3)31-19(27)24-9-7-21(8-10-24,18(26)30-4)17-14-11-13(22)5-6-15(14)23-12-16(17)25(28)29/h5-6,11-12H,7-10H2,1-4H3. The van der Waals surface area contributed by atoms with Crippen molar-refractivity contribution in [2.75, 3.05) is 20.2 Å². The van der Waals surface area contributed by atoms with Crippen LogP contribution in [0.1, 0.15) is 39.2 Å². The number of piperidine rings is 1. The second-order valence-electron chi connectivity index (χ2n) is 8.48. The van der Waals surface area contributed by atoms with E-state index >= 15 is 0 Å². The first-order valence-corrected chi connectivity index (χ1v) is 10.6. The Morgan fingerprint density at radius 2 is 1.90 bits per heavy atom. The summed E-state index contributed by atoms with van der Waals surface area (Å²) >= 11 is 3.40. The summed E-state index contributed by atoms with van der Waals surface area (Å²) in [6.07, 6.45) is 1.01. The van der Waals surface area contributed by atoms with Crippen LogP contribution in [-0.4, -0.2) is 52.7 Å². The topological polar surface area (TPSA) is 112 Å². The number of nitrogens with zero attached hydrogens (tertiary/aromatic N) is 3. The van der Waals surface area contributed by atoms with Gasteiger partial charge in [-0.25, -0.2) is 9.78 Å². The summed E-state index contributed by atoms with van der Waals surface area (Å²) in [5.74, 6) is -0.577. The van der Waals surface area contributed by atoms with Crippen LogP contribution >= 0.6 is 15.9 Å². The number of rotatable bonds is 3. The maximum atomic E-state index is 13.1. The Morgan fingerprint density at radius 3 is 2.45 bits per heavy atom. The van der Waals surface area contributed by atoms with Crippen LogP contribution < -0.4 is 0 Å². The molecule has 0 N–H and O–H groups in total. The number of nitro groups is 1. The van der Waals surface area contributed by atoms with Gasteiger partial charge in [0.15, 0.2) is 0 Å². The Balaban J connectivity index is 2.11. The highest BCUT2D eigenvalue weighted by Crippen LogP contribution is 2.45. The van der Waals surface area contributed by atoms with Gasteiger partial charge in [-0.15, -0.1) is 0 Å². The minimum atomic E-state index is -1.29. The molecule has 1 amide bonds. The van der Waals surface area contributed by atoms with Crippen LogP contribution in [0.5, 0.6) is 0 Å². The highest BCUT2D eigenvalue weighted by atomic mass is 79.9. The number of ether oxygens (including phenoxy) is 2. The van der Waals surface area contributed by atoms with Gasteiger partial charge in [0, 0.05) is 22.9 Å². The van der Waals surface area contributed by atoms with Crippen molar-refractivity contribution >= 4 is 44.6 Å². The van der Waals surface area contributed by atoms with E-state index in [9.17, 15) is 19.7 Å². The monoisotopic (exact) mass is 493 g/mol. The fourth-order valence-electron chi connectivity index (χ4n) is 3.94. The number of benzene rings is 1. The number of hydrogen-bond acceptors (Lipinski definition) is 7. The minimum absolute atomic E-state index is 0.158. The maximum absolute atomic E-state index is 13.1. The quantitative estimate of drug-likeness (QED) is 0.354. The predicted octanol–water partition coefficient (Wildman–Crippen LogP) is 4.35. The molecule has 10 heteroatoms. The number of pyridine rings is 1. The predicted molar refractivity (Wildman–Crippen MR) is 117 cm³/mol. The number of carbonyl (C=O) groups is 2. The van der Waals surface area contributed by atoms with Gasteiger partial charge < -0.3 is 14.4 Å². The molecule has 1 aromatic heterocycles. The lowest BCUT2D eigenvalue weighted by molar-refractivity contribution is -0.386. The first-order chi connectivity index (χ1) is 14.5. The molecule has 0 unspecified atom stereocenters. The van der Waals surface area contributed by atoms with Crippen LogP contribution in [-0.2, 0) is 19.7 Å². The second-order valence-corrected chi connectivity index (χ2v) is 9.39. The molecule has 1 saturated heterocycles. The fraction of sp³-hybridized carbons (Fsp3) is 0.476. The van der Waals surface area contributed by atoms with Gasteiger partial charge in [-0.05, 0) is 51.8 Å². The molecule has 1 fully saturated rings. The molecule has 2 aromatic rings. The number of carbonyl (C=O) groups excluding carboxylic acids is 2. The average molecular weight is 494 g/mol. The van der Waals surface area contributed by atoms with Crippen LogP contribution in [0.2, 0.25) is 0 Å². The smallest absolute Gasteiger partial charge is 0.410 e. The molecule has 1 aromatic carbocycles. The van der Waals surface area contributed by atoms with Gasteiger partial charge in [-0.3, -0.25) is 14.9 Å². The van der Waals surface area contributed by atoms with Crippen molar-refractivity contribution in [1.29, 1.82) is 0 Å². The Morgan fingerprint density at radius 1 is 1.26 bits per heavy atom. The molecule has 0 aliphatic carbocycles. The van der Waals surface area contributed by atoms with Gasteiger partial charge in [0.2, 0.25) is 0 Å². The lowest BCUT2D eigenvalue weighted by atomic mass is 9.71. The lowest BCUT2D eigenvalue weighted by Gasteiger charge is -2.40. The number of methoxy groups -OCH3 is 1. The molecule has 166 valence electrons. The first kappa shape index (κ1) is 22.9. The molecule has 9 nitrogen and oxygen atoms in total. The van der Waals surface area contributed by atoms with E-state index in [1.807, 2.05) is 0 Å². The van der Waals surface area contributed by atoms with Crippen molar-refractivity contribution in [2.24, 2.45) is 0 Å². The van der Waals surface area contributed by atoms with Gasteiger partial charge in [0.05, 0.1) is 23.1 Å². The van der Waals surface area contributed by atoms with Crippen molar-refractivity contribution in [1.82, 2.24) is 9.88 Å². The van der Waals surface area contributed by atoms with Crippen molar-refractivity contribution in [3.63, 3.8) is 0 Å². The normalized spacial score (nSPS) is 16.1. The van der Waals surface area contributed by atoms with E-state index in [0.717, 1.165) is 0 Å². The summed E-state index contributed by atoms with van der Waals surface area (Å²) in [6.45, 7) is 5.71. The Hall–Kier alpha value is -2.75. The number of fused-ring (bicyclic) bond motifs is 1. The van der Waals surface area contributed by atoms with E-state index in [2.05, 4.69) is 20.9 Å². The summed E-state index contributed by atoms with van der Waals surface area (Å²) in [5, 5.41) is 12.4. The third-order valence-corrected chi connectivity index (χ3v) is 5.82. The third kappa shape index (κ3) is 4.48. The first-order valence-electron chi connectivity index (χ1n) is 9.78. The molecule has 1 aliphatic heterocycles. The molecule has 0 bridgehead atoms. The fourth-order valence-corrected chi connectivity index (χ4v) is 4.31. The van der Waals surface area contributed by atoms with Crippen molar-refractivity contribution in [3.8, 4) is 0 Å². The van der Waals surface area contributed by atoms with E-state index in [1.54, 1.807) is 39.0 Å².